The number of rotatable bonds is 10. The van der Waals surface area contributed by atoms with Gasteiger partial charge in [-0.05, 0) is 40.2 Å². The zero-order chi connectivity index (χ0) is 26.9. The predicted octanol–water partition coefficient (Wildman–Crippen LogP) is 1.27. The molecule has 0 saturated carbocycles. The van der Waals surface area contributed by atoms with Crippen molar-refractivity contribution in [1.29, 1.82) is 0 Å². The van der Waals surface area contributed by atoms with Gasteiger partial charge in [-0.3, -0.25) is 9.59 Å². The number of alkyl carbamates (subject to hydrolysis) is 1. The van der Waals surface area contributed by atoms with Crippen LogP contribution in [0.25, 0.3) is 0 Å². The summed E-state index contributed by atoms with van der Waals surface area (Å²) < 4.78 is 11.5. The Kier molecular flexibility index (Phi) is 9.94. The predicted molar refractivity (Wildman–Crippen MR) is 130 cm³/mol. The highest BCUT2D eigenvalue weighted by molar-refractivity contribution is 5.86. The van der Waals surface area contributed by atoms with Gasteiger partial charge in [-0.1, -0.05) is 30.3 Å². The number of aromatic nitrogens is 3. The van der Waals surface area contributed by atoms with Crippen LogP contribution in [0.2, 0.25) is 0 Å². The molecule has 1 aromatic carbocycles. The Morgan fingerprint density at radius 3 is 2.31 bits per heavy atom. The molecule has 0 aliphatic rings. The number of ether oxygens (including phenoxy) is 2. The highest BCUT2D eigenvalue weighted by Gasteiger charge is 2.25. The molecule has 0 radical (unpaired) electrons. The van der Waals surface area contributed by atoms with Crippen LogP contribution in [-0.2, 0) is 36.8 Å². The van der Waals surface area contributed by atoms with Gasteiger partial charge >= 0.3 is 12.1 Å². The van der Waals surface area contributed by atoms with Gasteiger partial charge < -0.3 is 30.0 Å². The lowest BCUT2D eigenvalue weighted by atomic mass is 10.1. The molecule has 12 heteroatoms. The van der Waals surface area contributed by atoms with Crippen LogP contribution in [0.4, 0.5) is 4.79 Å². The molecular formula is C24H34N6O6. The van der Waals surface area contributed by atoms with Crippen molar-refractivity contribution in [2.24, 2.45) is 0 Å². The van der Waals surface area contributed by atoms with E-state index in [2.05, 4.69) is 26.1 Å². The number of nitrogens with one attached hydrogen (secondary N) is 3. The normalized spacial score (nSPS) is 13.6. The lowest BCUT2D eigenvalue weighted by Crippen LogP contribution is -2.47. The van der Waals surface area contributed by atoms with E-state index in [0.29, 0.717) is 5.82 Å². The van der Waals surface area contributed by atoms with Crippen molar-refractivity contribution in [3.05, 3.63) is 48.0 Å². The molecule has 0 unspecified atom stereocenters. The number of carbonyl (C=O) groups is 4. The third kappa shape index (κ3) is 9.01. The number of carbonyl (C=O) groups excluding carboxylic acids is 4. The minimum absolute atomic E-state index is 0.184. The molecule has 0 spiro atoms. The molecule has 1 heterocycles. The van der Waals surface area contributed by atoms with Gasteiger partial charge in [0, 0.05) is 6.42 Å². The lowest BCUT2D eigenvalue weighted by Gasteiger charge is -2.22. The number of benzene rings is 1. The SMILES string of the molecule is COC(=O)[C@H](Cc1ccccc1)NC(=O)Cn1cnnc1[C@@H](C)NC(=O)[C@@H](C)NC(=O)OC(C)(C)C. The summed E-state index contributed by atoms with van der Waals surface area (Å²) >= 11 is 0. The van der Waals surface area contributed by atoms with E-state index >= 15 is 0 Å². The van der Waals surface area contributed by atoms with E-state index in [1.807, 2.05) is 30.3 Å². The number of nitrogens with zero attached hydrogens (tertiary/aromatic N) is 3. The van der Waals surface area contributed by atoms with Crippen LogP contribution in [0.3, 0.4) is 0 Å². The van der Waals surface area contributed by atoms with E-state index in [0.717, 1.165) is 5.56 Å². The lowest BCUT2D eigenvalue weighted by molar-refractivity contribution is -0.145. The van der Waals surface area contributed by atoms with Crippen molar-refractivity contribution >= 4 is 23.9 Å². The molecule has 0 aliphatic heterocycles. The fourth-order valence-corrected chi connectivity index (χ4v) is 3.25. The highest BCUT2D eigenvalue weighted by atomic mass is 16.6. The van der Waals surface area contributed by atoms with E-state index in [1.54, 1.807) is 27.7 Å². The van der Waals surface area contributed by atoms with Crippen molar-refractivity contribution in [1.82, 2.24) is 30.7 Å². The van der Waals surface area contributed by atoms with Crippen LogP contribution in [0, 0.1) is 0 Å². The monoisotopic (exact) mass is 502 g/mol. The molecule has 3 amide bonds. The number of amides is 3. The number of hydrogen-bond acceptors (Lipinski definition) is 8. The standard InChI is InChI=1S/C24H34N6O6/c1-15(26-21(32)16(2)27-23(34)36-24(3,4)5)20-29-25-14-30(20)13-19(31)28-18(22(33)35-6)12-17-10-8-7-9-11-17/h7-11,14-16,18H,12-13H2,1-6H3,(H,26,32)(H,27,34)(H,28,31)/t15-,16-,18+/m1/s1. The van der Waals surface area contributed by atoms with Gasteiger partial charge in [0.1, 0.15) is 30.6 Å². The van der Waals surface area contributed by atoms with Gasteiger partial charge in [-0.25, -0.2) is 9.59 Å². The average Bonchev–Trinajstić information content (AvgIpc) is 3.25. The Bertz CT molecular complexity index is 1050. The third-order valence-electron chi connectivity index (χ3n) is 4.94. The molecule has 196 valence electrons. The molecule has 1 aromatic heterocycles. The van der Waals surface area contributed by atoms with Gasteiger partial charge in [0.15, 0.2) is 5.82 Å². The number of esters is 1. The Morgan fingerprint density at radius 1 is 1.03 bits per heavy atom. The summed E-state index contributed by atoms with van der Waals surface area (Å²) in [7, 11) is 1.26. The second kappa shape index (κ2) is 12.7. The Morgan fingerprint density at radius 2 is 1.69 bits per heavy atom. The van der Waals surface area contributed by atoms with E-state index < -0.39 is 47.6 Å². The summed E-state index contributed by atoms with van der Waals surface area (Å²) in [5.41, 5.74) is 0.169. The van der Waals surface area contributed by atoms with Crippen molar-refractivity contribution in [3.8, 4) is 0 Å². The van der Waals surface area contributed by atoms with Crippen LogP contribution < -0.4 is 16.0 Å². The molecular weight excluding hydrogens is 468 g/mol. The number of hydrogen-bond donors (Lipinski definition) is 3. The molecule has 0 bridgehead atoms. The largest absolute Gasteiger partial charge is 0.467 e. The molecule has 3 atom stereocenters. The van der Waals surface area contributed by atoms with E-state index in [4.69, 9.17) is 9.47 Å². The van der Waals surface area contributed by atoms with Crippen LogP contribution >= 0.6 is 0 Å². The Hall–Kier alpha value is -3.96. The van der Waals surface area contributed by atoms with Crippen molar-refractivity contribution in [3.63, 3.8) is 0 Å². The molecule has 36 heavy (non-hydrogen) atoms. The number of methoxy groups -OCH3 is 1. The molecule has 0 saturated heterocycles. The first-order valence-corrected chi connectivity index (χ1v) is 11.5. The maximum absolute atomic E-state index is 12.7. The van der Waals surface area contributed by atoms with E-state index in [9.17, 15) is 19.2 Å². The zero-order valence-corrected chi connectivity index (χ0v) is 21.4. The maximum Gasteiger partial charge on any atom is 0.408 e. The molecule has 0 fully saturated rings. The summed E-state index contributed by atoms with van der Waals surface area (Å²) in [5.74, 6) is -1.18. The minimum atomic E-state index is -0.874. The van der Waals surface area contributed by atoms with Gasteiger partial charge in [0.2, 0.25) is 11.8 Å². The fraction of sp³-hybridized carbons (Fsp3) is 0.500. The highest BCUT2D eigenvalue weighted by Crippen LogP contribution is 2.11. The summed E-state index contributed by atoms with van der Waals surface area (Å²) in [6.45, 7) is 8.16. The van der Waals surface area contributed by atoms with E-state index in [1.165, 1.54) is 24.9 Å². The van der Waals surface area contributed by atoms with Gasteiger partial charge in [0.05, 0.1) is 13.2 Å². The van der Waals surface area contributed by atoms with Crippen molar-refractivity contribution in [2.75, 3.05) is 7.11 Å². The summed E-state index contributed by atoms with van der Waals surface area (Å²) in [6, 6.07) is 6.87. The third-order valence-corrected chi connectivity index (χ3v) is 4.94. The van der Waals surface area contributed by atoms with Crippen molar-refractivity contribution in [2.45, 2.75) is 71.3 Å². The summed E-state index contributed by atoms with van der Waals surface area (Å²) in [5, 5.41) is 15.7. The van der Waals surface area contributed by atoms with Crippen molar-refractivity contribution < 1.29 is 28.7 Å². The van der Waals surface area contributed by atoms with Gasteiger partial charge in [0.25, 0.3) is 0 Å². The van der Waals surface area contributed by atoms with Gasteiger partial charge in [-0.2, -0.15) is 0 Å². The molecule has 2 rings (SSSR count). The molecule has 0 aliphatic carbocycles. The molecule has 12 nitrogen and oxygen atoms in total. The quantitative estimate of drug-likeness (QED) is 0.411. The Labute approximate surface area is 210 Å². The summed E-state index contributed by atoms with van der Waals surface area (Å²) in [6.07, 6.45) is 0.904. The first kappa shape index (κ1) is 28.3. The minimum Gasteiger partial charge on any atom is -0.467 e. The second-order valence-corrected chi connectivity index (χ2v) is 9.25. The summed E-state index contributed by atoms with van der Waals surface area (Å²) in [4.78, 5) is 49.4. The second-order valence-electron chi connectivity index (χ2n) is 9.25. The van der Waals surface area contributed by atoms with Crippen LogP contribution in [0.15, 0.2) is 36.7 Å². The first-order chi connectivity index (χ1) is 16.9. The molecule has 3 N–H and O–H groups in total. The molecule has 2 aromatic rings. The topological polar surface area (TPSA) is 154 Å². The average molecular weight is 503 g/mol. The van der Waals surface area contributed by atoms with Crippen LogP contribution in [-0.4, -0.2) is 63.4 Å². The smallest absolute Gasteiger partial charge is 0.408 e. The van der Waals surface area contributed by atoms with Crippen LogP contribution in [0.5, 0.6) is 0 Å². The Balaban J connectivity index is 1.98. The van der Waals surface area contributed by atoms with Gasteiger partial charge in [-0.15, -0.1) is 10.2 Å². The van der Waals surface area contributed by atoms with E-state index in [-0.39, 0.29) is 13.0 Å². The van der Waals surface area contributed by atoms with Crippen LogP contribution in [0.1, 0.15) is 52.0 Å². The fourth-order valence-electron chi connectivity index (χ4n) is 3.25. The maximum atomic E-state index is 12.7. The first-order valence-electron chi connectivity index (χ1n) is 11.5. The zero-order valence-electron chi connectivity index (χ0n) is 21.4.